The van der Waals surface area contributed by atoms with E-state index in [2.05, 4.69) is 9.72 Å². The van der Waals surface area contributed by atoms with Crippen LogP contribution in [-0.2, 0) is 13.0 Å². The molecule has 0 aliphatic rings. The third-order valence-electron chi connectivity index (χ3n) is 2.15. The highest BCUT2D eigenvalue weighted by molar-refractivity contribution is 5.41. The number of nitriles is 1. The number of pyridine rings is 1. The largest absolute Gasteiger partial charge is 0.574 e. The van der Waals surface area contributed by atoms with Crippen LogP contribution in [0.25, 0.3) is 0 Å². The molecule has 0 spiro atoms. The van der Waals surface area contributed by atoms with E-state index in [1.165, 1.54) is 6.20 Å². The van der Waals surface area contributed by atoms with Gasteiger partial charge in [0.05, 0.1) is 12.5 Å². The number of ether oxygens (including phenoxy) is 1. The molecule has 0 aromatic carbocycles. The van der Waals surface area contributed by atoms with Crippen molar-refractivity contribution >= 4 is 0 Å². The molecule has 17 heavy (non-hydrogen) atoms. The molecule has 92 valence electrons. The number of rotatable bonds is 3. The monoisotopic (exact) mass is 245 g/mol. The molecule has 1 aromatic rings. The van der Waals surface area contributed by atoms with Crippen LogP contribution in [0.2, 0.25) is 0 Å². The molecule has 0 unspecified atom stereocenters. The number of halogens is 3. The van der Waals surface area contributed by atoms with Crippen molar-refractivity contribution in [2.75, 3.05) is 0 Å². The van der Waals surface area contributed by atoms with E-state index in [0.29, 0.717) is 11.1 Å². The smallest absolute Gasteiger partial charge is 0.388 e. The molecule has 0 bridgehead atoms. The fraction of sp³-hybridized carbons (Fsp3) is 0.400. The fourth-order valence-electron chi connectivity index (χ4n) is 1.42. The minimum Gasteiger partial charge on any atom is -0.388 e. The van der Waals surface area contributed by atoms with Gasteiger partial charge >= 0.3 is 6.36 Å². The van der Waals surface area contributed by atoms with Gasteiger partial charge in [-0.05, 0) is 18.1 Å². The van der Waals surface area contributed by atoms with Gasteiger partial charge in [-0.1, -0.05) is 0 Å². The molecule has 2 N–H and O–H groups in total. The average Bonchev–Trinajstić information content (AvgIpc) is 2.21. The molecule has 1 rings (SSSR count). The Bertz CT molecular complexity index is 451. The van der Waals surface area contributed by atoms with Gasteiger partial charge < -0.3 is 10.5 Å². The molecular weight excluding hydrogens is 235 g/mol. The number of alkyl halides is 3. The van der Waals surface area contributed by atoms with E-state index >= 15 is 0 Å². The molecule has 0 amide bonds. The van der Waals surface area contributed by atoms with E-state index in [0.717, 1.165) is 0 Å². The van der Waals surface area contributed by atoms with Gasteiger partial charge in [0.1, 0.15) is 0 Å². The van der Waals surface area contributed by atoms with Crippen molar-refractivity contribution in [3.8, 4) is 11.9 Å². The van der Waals surface area contributed by atoms with Gasteiger partial charge in [0.25, 0.3) is 0 Å². The maximum Gasteiger partial charge on any atom is 0.574 e. The highest BCUT2D eigenvalue weighted by Crippen LogP contribution is 2.28. The van der Waals surface area contributed by atoms with E-state index in [9.17, 15) is 13.2 Å². The van der Waals surface area contributed by atoms with Gasteiger partial charge in [-0.25, -0.2) is 4.98 Å². The van der Waals surface area contributed by atoms with Gasteiger partial charge in [-0.2, -0.15) is 5.26 Å². The van der Waals surface area contributed by atoms with Crippen LogP contribution in [0.5, 0.6) is 5.88 Å². The molecule has 7 heteroatoms. The Morgan fingerprint density at radius 1 is 1.47 bits per heavy atom. The van der Waals surface area contributed by atoms with E-state index < -0.39 is 12.2 Å². The van der Waals surface area contributed by atoms with Crippen LogP contribution in [0.1, 0.15) is 16.7 Å². The molecule has 4 nitrogen and oxygen atoms in total. The predicted octanol–water partition coefficient (Wildman–Crippen LogP) is 1.81. The highest BCUT2D eigenvalue weighted by Gasteiger charge is 2.33. The Labute approximate surface area is 95.8 Å². The zero-order valence-electron chi connectivity index (χ0n) is 9.01. The molecular formula is C10H10F3N3O. The quantitative estimate of drug-likeness (QED) is 0.881. The van der Waals surface area contributed by atoms with Crippen LogP contribution in [0, 0.1) is 18.3 Å². The van der Waals surface area contributed by atoms with Gasteiger partial charge in [-0.3, -0.25) is 0 Å². The Morgan fingerprint density at radius 3 is 2.59 bits per heavy atom. The number of hydrogen-bond donors (Lipinski definition) is 1. The summed E-state index contributed by atoms with van der Waals surface area (Å²) in [5, 5.41) is 8.60. The summed E-state index contributed by atoms with van der Waals surface area (Å²) in [4.78, 5) is 3.54. The molecule has 0 atom stereocenters. The molecule has 0 fully saturated rings. The third kappa shape index (κ3) is 3.32. The summed E-state index contributed by atoms with van der Waals surface area (Å²) in [6, 6.07) is 1.77. The molecule has 1 heterocycles. The van der Waals surface area contributed by atoms with E-state index in [1.807, 2.05) is 0 Å². The zero-order valence-corrected chi connectivity index (χ0v) is 9.01. The Balaban J connectivity index is 3.26. The Morgan fingerprint density at radius 2 is 2.12 bits per heavy atom. The first-order valence-corrected chi connectivity index (χ1v) is 4.69. The zero-order chi connectivity index (χ0) is 13.1. The van der Waals surface area contributed by atoms with Crippen LogP contribution in [0.4, 0.5) is 13.2 Å². The topological polar surface area (TPSA) is 71.9 Å². The van der Waals surface area contributed by atoms with Crippen LogP contribution in [0.3, 0.4) is 0 Å². The van der Waals surface area contributed by atoms with Crippen LogP contribution >= 0.6 is 0 Å². The Hall–Kier alpha value is -1.81. The molecule has 0 radical (unpaired) electrons. The number of nitrogens with zero attached hydrogens (tertiary/aromatic N) is 2. The normalized spacial score (nSPS) is 11.1. The number of hydrogen-bond acceptors (Lipinski definition) is 4. The van der Waals surface area contributed by atoms with E-state index in [-0.39, 0.29) is 18.5 Å². The van der Waals surface area contributed by atoms with Crippen LogP contribution in [-0.4, -0.2) is 11.3 Å². The summed E-state index contributed by atoms with van der Waals surface area (Å²) in [6.07, 6.45) is -3.82. The standard InChI is InChI=1S/C10H10F3N3O/c1-6-5-16-9(17-10(11,12)13)7(2-3-14)8(6)4-15/h5H,2,4,15H2,1H3. The van der Waals surface area contributed by atoms with Crippen molar-refractivity contribution in [1.82, 2.24) is 4.98 Å². The maximum atomic E-state index is 12.1. The second kappa shape index (κ2) is 5.01. The molecule has 1 aromatic heterocycles. The molecule has 0 aliphatic carbocycles. The molecule has 0 saturated heterocycles. The van der Waals surface area contributed by atoms with Crippen LogP contribution < -0.4 is 10.5 Å². The minimum absolute atomic E-state index is 0.0274. The summed E-state index contributed by atoms with van der Waals surface area (Å²) >= 11 is 0. The second-order valence-corrected chi connectivity index (χ2v) is 3.29. The van der Waals surface area contributed by atoms with Gasteiger partial charge in [0.15, 0.2) is 0 Å². The summed E-state index contributed by atoms with van der Waals surface area (Å²) in [7, 11) is 0. The van der Waals surface area contributed by atoms with Crippen molar-refractivity contribution in [3.63, 3.8) is 0 Å². The van der Waals surface area contributed by atoms with E-state index in [4.69, 9.17) is 11.0 Å². The van der Waals surface area contributed by atoms with Gasteiger partial charge in [0.2, 0.25) is 5.88 Å². The van der Waals surface area contributed by atoms with Crippen molar-refractivity contribution < 1.29 is 17.9 Å². The summed E-state index contributed by atoms with van der Waals surface area (Å²) in [5.41, 5.74) is 6.62. The van der Waals surface area contributed by atoms with Crippen molar-refractivity contribution in [3.05, 3.63) is 22.9 Å². The maximum absolute atomic E-state index is 12.1. The SMILES string of the molecule is Cc1cnc(OC(F)(F)F)c(CC#N)c1CN. The first-order valence-electron chi connectivity index (χ1n) is 4.69. The van der Waals surface area contributed by atoms with Gasteiger partial charge in [0, 0.05) is 18.3 Å². The average molecular weight is 245 g/mol. The predicted molar refractivity (Wildman–Crippen MR) is 52.9 cm³/mol. The lowest BCUT2D eigenvalue weighted by Crippen LogP contribution is -2.20. The van der Waals surface area contributed by atoms with Crippen molar-refractivity contribution in [2.45, 2.75) is 26.3 Å². The molecule has 0 aliphatic heterocycles. The first-order chi connectivity index (χ1) is 7.89. The second-order valence-electron chi connectivity index (χ2n) is 3.29. The molecule has 0 saturated carbocycles. The first kappa shape index (κ1) is 13.3. The minimum atomic E-state index is -4.83. The summed E-state index contributed by atoms with van der Waals surface area (Å²) < 4.78 is 40.1. The van der Waals surface area contributed by atoms with Crippen LogP contribution in [0.15, 0.2) is 6.20 Å². The Kier molecular flexibility index (Phi) is 3.91. The van der Waals surface area contributed by atoms with Crippen molar-refractivity contribution in [2.24, 2.45) is 5.73 Å². The van der Waals surface area contributed by atoms with Crippen molar-refractivity contribution in [1.29, 1.82) is 5.26 Å². The van der Waals surface area contributed by atoms with E-state index in [1.54, 1.807) is 13.0 Å². The summed E-state index contributed by atoms with van der Waals surface area (Å²) in [5.74, 6) is -0.606. The van der Waals surface area contributed by atoms with Gasteiger partial charge in [-0.15, -0.1) is 13.2 Å². The highest BCUT2D eigenvalue weighted by atomic mass is 19.4. The lowest BCUT2D eigenvalue weighted by atomic mass is 10.0. The number of nitrogens with two attached hydrogens (primary N) is 1. The lowest BCUT2D eigenvalue weighted by Gasteiger charge is -2.14. The number of aromatic nitrogens is 1. The lowest BCUT2D eigenvalue weighted by molar-refractivity contribution is -0.276. The summed E-state index contributed by atoms with van der Waals surface area (Å²) in [6.45, 7) is 1.69. The number of aryl methyl sites for hydroxylation is 1. The fourth-order valence-corrected chi connectivity index (χ4v) is 1.42. The third-order valence-corrected chi connectivity index (χ3v) is 2.15.